The van der Waals surface area contributed by atoms with Gasteiger partial charge in [0.1, 0.15) is 6.04 Å². The van der Waals surface area contributed by atoms with Gasteiger partial charge in [0.25, 0.3) is 0 Å². The molecule has 1 fully saturated rings. The predicted octanol–water partition coefficient (Wildman–Crippen LogP) is 0.864. The Kier molecular flexibility index (Phi) is 3.50. The van der Waals surface area contributed by atoms with Gasteiger partial charge in [-0.05, 0) is 19.3 Å². The Labute approximate surface area is 84.6 Å². The molecule has 0 aromatic rings. The summed E-state index contributed by atoms with van der Waals surface area (Å²) in [5, 5.41) is 12.2. The summed E-state index contributed by atoms with van der Waals surface area (Å²) in [7, 11) is 0. The minimum absolute atomic E-state index is 0.0879. The number of ether oxygens (including phenoxy) is 1. The van der Waals surface area contributed by atoms with Gasteiger partial charge in [-0.1, -0.05) is 13.8 Å². The van der Waals surface area contributed by atoms with Crippen LogP contribution in [0.15, 0.2) is 0 Å². The molecule has 0 aromatic heterocycles. The third kappa shape index (κ3) is 2.69. The molecule has 1 aliphatic heterocycles. The van der Waals surface area contributed by atoms with Crippen molar-refractivity contribution in [2.24, 2.45) is 5.92 Å². The van der Waals surface area contributed by atoms with Gasteiger partial charge in [-0.2, -0.15) is 0 Å². The van der Waals surface area contributed by atoms with Gasteiger partial charge in [0.15, 0.2) is 0 Å². The molecule has 2 N–H and O–H groups in total. The van der Waals surface area contributed by atoms with E-state index in [1.807, 2.05) is 20.8 Å². The summed E-state index contributed by atoms with van der Waals surface area (Å²) in [6.07, 6.45) is 0.878. The molecule has 1 aliphatic rings. The first kappa shape index (κ1) is 11.5. The first-order valence-electron chi connectivity index (χ1n) is 5.03. The highest BCUT2D eigenvalue weighted by atomic mass is 16.5. The SMILES string of the molecule is CC(C)C(NC1(C)CCOC1)C(=O)O. The van der Waals surface area contributed by atoms with Gasteiger partial charge in [-0.3, -0.25) is 10.1 Å². The van der Waals surface area contributed by atoms with E-state index in [2.05, 4.69) is 5.32 Å². The molecule has 0 aromatic carbocycles. The van der Waals surface area contributed by atoms with Gasteiger partial charge >= 0.3 is 5.97 Å². The highest BCUT2D eigenvalue weighted by Gasteiger charge is 2.35. The number of aliphatic carboxylic acids is 1. The molecule has 0 spiro atoms. The van der Waals surface area contributed by atoms with Crippen molar-refractivity contribution in [3.05, 3.63) is 0 Å². The third-order valence-corrected chi connectivity index (χ3v) is 2.66. The van der Waals surface area contributed by atoms with Crippen molar-refractivity contribution in [1.82, 2.24) is 5.32 Å². The van der Waals surface area contributed by atoms with E-state index in [1.165, 1.54) is 0 Å². The minimum Gasteiger partial charge on any atom is -0.480 e. The summed E-state index contributed by atoms with van der Waals surface area (Å²) in [5.74, 6) is -0.696. The number of hydrogen-bond acceptors (Lipinski definition) is 3. The molecule has 0 radical (unpaired) electrons. The summed E-state index contributed by atoms with van der Waals surface area (Å²) in [6, 6.07) is -0.485. The van der Waals surface area contributed by atoms with Crippen LogP contribution >= 0.6 is 0 Å². The fourth-order valence-electron chi connectivity index (χ4n) is 1.67. The predicted molar refractivity (Wildman–Crippen MR) is 53.2 cm³/mol. The fraction of sp³-hybridized carbons (Fsp3) is 0.900. The van der Waals surface area contributed by atoms with E-state index in [0.717, 1.165) is 6.42 Å². The quantitative estimate of drug-likeness (QED) is 0.708. The molecule has 1 saturated heterocycles. The van der Waals surface area contributed by atoms with Gasteiger partial charge in [-0.15, -0.1) is 0 Å². The lowest BCUT2D eigenvalue weighted by Crippen LogP contribution is -2.53. The van der Waals surface area contributed by atoms with Gasteiger partial charge in [0.2, 0.25) is 0 Å². The van der Waals surface area contributed by atoms with Crippen molar-refractivity contribution in [1.29, 1.82) is 0 Å². The molecular weight excluding hydrogens is 182 g/mol. The fourth-order valence-corrected chi connectivity index (χ4v) is 1.67. The van der Waals surface area contributed by atoms with Crippen LogP contribution in [0.4, 0.5) is 0 Å². The Balaban J connectivity index is 2.58. The van der Waals surface area contributed by atoms with E-state index in [-0.39, 0.29) is 11.5 Å². The highest BCUT2D eigenvalue weighted by molar-refractivity contribution is 5.73. The second-order valence-corrected chi connectivity index (χ2v) is 4.57. The average molecular weight is 201 g/mol. The van der Waals surface area contributed by atoms with E-state index in [4.69, 9.17) is 9.84 Å². The standard InChI is InChI=1S/C10H19NO3/c1-7(2)8(9(12)13)11-10(3)4-5-14-6-10/h7-8,11H,4-6H2,1-3H3,(H,12,13). The lowest BCUT2D eigenvalue weighted by atomic mass is 9.96. The van der Waals surface area contributed by atoms with Gasteiger partial charge in [-0.25, -0.2) is 0 Å². The Morgan fingerprint density at radius 1 is 1.57 bits per heavy atom. The van der Waals surface area contributed by atoms with Gasteiger partial charge in [0, 0.05) is 12.1 Å². The first-order valence-corrected chi connectivity index (χ1v) is 5.03. The summed E-state index contributed by atoms with van der Waals surface area (Å²) in [6.45, 7) is 7.14. The maximum Gasteiger partial charge on any atom is 0.320 e. The molecule has 1 rings (SSSR count). The first-order chi connectivity index (χ1) is 6.44. The number of rotatable bonds is 4. The van der Waals surface area contributed by atoms with Crippen LogP contribution in [0.25, 0.3) is 0 Å². The Bertz CT molecular complexity index is 209. The second kappa shape index (κ2) is 4.28. The number of hydrogen-bond donors (Lipinski definition) is 2. The normalized spacial score (nSPS) is 29.4. The monoisotopic (exact) mass is 201 g/mol. The van der Waals surface area contributed by atoms with Crippen LogP contribution in [-0.2, 0) is 9.53 Å². The summed E-state index contributed by atoms with van der Waals surface area (Å²) >= 11 is 0. The topological polar surface area (TPSA) is 58.6 Å². The van der Waals surface area contributed by atoms with E-state index < -0.39 is 12.0 Å². The molecule has 14 heavy (non-hydrogen) atoms. The van der Waals surface area contributed by atoms with Crippen LogP contribution in [0, 0.1) is 5.92 Å². The zero-order valence-electron chi connectivity index (χ0n) is 9.04. The lowest BCUT2D eigenvalue weighted by molar-refractivity contribution is -0.141. The molecule has 0 amide bonds. The average Bonchev–Trinajstić information content (AvgIpc) is 2.48. The maximum atomic E-state index is 11.0. The summed E-state index contributed by atoms with van der Waals surface area (Å²) in [5.41, 5.74) is -0.173. The Hall–Kier alpha value is -0.610. The van der Waals surface area contributed by atoms with E-state index in [9.17, 15) is 4.79 Å². The molecule has 1 heterocycles. The van der Waals surface area contributed by atoms with E-state index >= 15 is 0 Å². The van der Waals surface area contributed by atoms with Crippen molar-refractivity contribution in [3.63, 3.8) is 0 Å². The van der Waals surface area contributed by atoms with Crippen LogP contribution in [-0.4, -0.2) is 35.9 Å². The minimum atomic E-state index is -0.784. The second-order valence-electron chi connectivity index (χ2n) is 4.57. The van der Waals surface area contributed by atoms with E-state index in [0.29, 0.717) is 13.2 Å². The van der Waals surface area contributed by atoms with Gasteiger partial charge in [0.05, 0.1) is 6.61 Å². The van der Waals surface area contributed by atoms with Crippen molar-refractivity contribution in [2.75, 3.05) is 13.2 Å². The van der Waals surface area contributed by atoms with Crippen molar-refractivity contribution < 1.29 is 14.6 Å². The summed E-state index contributed by atoms with van der Waals surface area (Å²) < 4.78 is 5.27. The zero-order chi connectivity index (χ0) is 10.8. The molecule has 2 unspecified atom stereocenters. The maximum absolute atomic E-state index is 11.0. The van der Waals surface area contributed by atoms with Crippen LogP contribution in [0.5, 0.6) is 0 Å². The van der Waals surface area contributed by atoms with Crippen LogP contribution in [0.3, 0.4) is 0 Å². The number of carbonyl (C=O) groups is 1. The zero-order valence-corrected chi connectivity index (χ0v) is 9.04. The lowest BCUT2D eigenvalue weighted by Gasteiger charge is -2.30. The van der Waals surface area contributed by atoms with Crippen LogP contribution < -0.4 is 5.32 Å². The smallest absolute Gasteiger partial charge is 0.320 e. The largest absolute Gasteiger partial charge is 0.480 e. The van der Waals surface area contributed by atoms with Crippen molar-refractivity contribution in [3.8, 4) is 0 Å². The molecule has 2 atom stereocenters. The third-order valence-electron chi connectivity index (χ3n) is 2.66. The van der Waals surface area contributed by atoms with Crippen molar-refractivity contribution in [2.45, 2.75) is 38.8 Å². The Morgan fingerprint density at radius 2 is 2.21 bits per heavy atom. The van der Waals surface area contributed by atoms with Gasteiger partial charge < -0.3 is 9.84 Å². The molecule has 0 bridgehead atoms. The molecular formula is C10H19NO3. The molecule has 4 nitrogen and oxygen atoms in total. The molecule has 0 aliphatic carbocycles. The number of carboxylic acids is 1. The van der Waals surface area contributed by atoms with Crippen LogP contribution in [0.1, 0.15) is 27.2 Å². The number of carboxylic acid groups (broad SMARTS) is 1. The van der Waals surface area contributed by atoms with Crippen molar-refractivity contribution >= 4 is 5.97 Å². The molecule has 0 saturated carbocycles. The van der Waals surface area contributed by atoms with Crippen LogP contribution in [0.2, 0.25) is 0 Å². The van der Waals surface area contributed by atoms with E-state index in [1.54, 1.807) is 0 Å². The number of nitrogens with one attached hydrogen (secondary N) is 1. The molecule has 82 valence electrons. The molecule has 4 heteroatoms. The highest BCUT2D eigenvalue weighted by Crippen LogP contribution is 2.19. The Morgan fingerprint density at radius 3 is 2.57 bits per heavy atom. The summed E-state index contributed by atoms with van der Waals surface area (Å²) in [4.78, 5) is 11.0.